The summed E-state index contributed by atoms with van der Waals surface area (Å²) in [4.78, 5) is 25.8. The van der Waals surface area contributed by atoms with Crippen LogP contribution in [0.15, 0.2) is 24.3 Å². The van der Waals surface area contributed by atoms with Gasteiger partial charge < -0.3 is 15.7 Å². The minimum absolute atomic E-state index is 0.0378. The van der Waals surface area contributed by atoms with E-state index in [0.717, 1.165) is 12.8 Å². The van der Waals surface area contributed by atoms with Crippen LogP contribution in [0.25, 0.3) is 0 Å². The molecule has 1 aromatic rings. The first kappa shape index (κ1) is 17.8. The Hall–Kier alpha value is -1.99. The topological polar surface area (TPSA) is 81.7 Å². The van der Waals surface area contributed by atoms with Gasteiger partial charge in [-0.2, -0.15) is 0 Å². The number of carbonyl (C=O) groups is 2. The lowest BCUT2D eigenvalue weighted by molar-refractivity contribution is -0.128. The zero-order chi connectivity index (χ0) is 17.8. The van der Waals surface area contributed by atoms with E-state index in [0.29, 0.717) is 25.1 Å². The van der Waals surface area contributed by atoms with E-state index in [-0.39, 0.29) is 36.9 Å². The molecule has 1 saturated carbocycles. The van der Waals surface area contributed by atoms with Crippen LogP contribution in [0.3, 0.4) is 0 Å². The van der Waals surface area contributed by atoms with Gasteiger partial charge in [0.15, 0.2) is 0 Å². The first-order valence-corrected chi connectivity index (χ1v) is 8.76. The van der Waals surface area contributed by atoms with E-state index in [1.54, 1.807) is 18.2 Å². The highest BCUT2D eigenvalue weighted by Gasteiger charge is 2.37. The molecule has 7 heteroatoms. The van der Waals surface area contributed by atoms with Gasteiger partial charge >= 0.3 is 0 Å². The summed E-state index contributed by atoms with van der Waals surface area (Å²) in [5.41, 5.74) is 0.342. The van der Waals surface area contributed by atoms with Crippen LogP contribution in [0.5, 0.6) is 0 Å². The number of piperazine rings is 1. The standard InChI is InChI=1S/C18H24FN3O3/c19-13-5-2-1-4-12(13)10-16(23)21-14-6-3-7-15(18(14)25)22-9-8-20-17(24)11-22/h1-2,4-5,14-15,18,25H,3,6-11H2,(H,20,24)(H,21,23)/t14-,15-,18-/m1/s1. The molecule has 25 heavy (non-hydrogen) atoms. The fourth-order valence-electron chi connectivity index (χ4n) is 3.73. The lowest BCUT2D eigenvalue weighted by Crippen LogP contribution is -2.60. The fourth-order valence-corrected chi connectivity index (χ4v) is 3.73. The van der Waals surface area contributed by atoms with Crippen molar-refractivity contribution >= 4 is 11.8 Å². The third-order valence-electron chi connectivity index (χ3n) is 5.01. The van der Waals surface area contributed by atoms with Crippen molar-refractivity contribution in [2.24, 2.45) is 0 Å². The second-order valence-electron chi connectivity index (χ2n) is 6.75. The van der Waals surface area contributed by atoms with Crippen molar-refractivity contribution in [1.82, 2.24) is 15.5 Å². The number of benzene rings is 1. The van der Waals surface area contributed by atoms with Crippen molar-refractivity contribution in [3.05, 3.63) is 35.6 Å². The lowest BCUT2D eigenvalue weighted by Gasteiger charge is -2.42. The Balaban J connectivity index is 1.59. The lowest BCUT2D eigenvalue weighted by atomic mass is 9.86. The molecule has 0 radical (unpaired) electrons. The quantitative estimate of drug-likeness (QED) is 0.725. The Morgan fingerprint density at radius 3 is 2.92 bits per heavy atom. The third kappa shape index (κ3) is 4.35. The molecule has 6 nitrogen and oxygen atoms in total. The monoisotopic (exact) mass is 349 g/mol. The van der Waals surface area contributed by atoms with Crippen LogP contribution < -0.4 is 10.6 Å². The molecule has 1 saturated heterocycles. The highest BCUT2D eigenvalue weighted by Crippen LogP contribution is 2.24. The summed E-state index contributed by atoms with van der Waals surface area (Å²) in [5, 5.41) is 16.3. The summed E-state index contributed by atoms with van der Waals surface area (Å²) >= 11 is 0. The molecule has 0 unspecified atom stereocenters. The zero-order valence-corrected chi connectivity index (χ0v) is 14.1. The number of hydrogen-bond acceptors (Lipinski definition) is 4. The van der Waals surface area contributed by atoms with Gasteiger partial charge in [-0.25, -0.2) is 4.39 Å². The maximum absolute atomic E-state index is 13.7. The predicted molar refractivity (Wildman–Crippen MR) is 90.3 cm³/mol. The van der Waals surface area contributed by atoms with Crippen molar-refractivity contribution in [2.75, 3.05) is 19.6 Å². The molecule has 2 fully saturated rings. The van der Waals surface area contributed by atoms with E-state index in [1.165, 1.54) is 6.07 Å². The number of hydrogen-bond donors (Lipinski definition) is 3. The molecule has 1 aliphatic carbocycles. The van der Waals surface area contributed by atoms with Crippen LogP contribution in [0.1, 0.15) is 24.8 Å². The summed E-state index contributed by atoms with van der Waals surface area (Å²) in [6.07, 6.45) is 1.57. The molecular weight excluding hydrogens is 325 g/mol. The zero-order valence-electron chi connectivity index (χ0n) is 14.1. The molecule has 0 spiro atoms. The maximum Gasteiger partial charge on any atom is 0.234 e. The van der Waals surface area contributed by atoms with Gasteiger partial charge in [0.05, 0.1) is 25.1 Å². The normalized spacial score (nSPS) is 27.6. The average Bonchev–Trinajstić information content (AvgIpc) is 2.59. The first-order chi connectivity index (χ1) is 12.0. The van der Waals surface area contributed by atoms with Crippen LogP contribution in [-0.4, -0.2) is 59.6 Å². The van der Waals surface area contributed by atoms with E-state index in [9.17, 15) is 19.1 Å². The van der Waals surface area contributed by atoms with Crippen LogP contribution in [-0.2, 0) is 16.0 Å². The number of aliphatic hydroxyl groups excluding tert-OH is 1. The fraction of sp³-hybridized carbons (Fsp3) is 0.556. The van der Waals surface area contributed by atoms with Gasteiger partial charge in [-0.15, -0.1) is 0 Å². The van der Waals surface area contributed by atoms with Crippen LogP contribution in [0.2, 0.25) is 0 Å². The highest BCUT2D eigenvalue weighted by atomic mass is 19.1. The Morgan fingerprint density at radius 2 is 2.16 bits per heavy atom. The summed E-state index contributed by atoms with van der Waals surface area (Å²) in [6, 6.07) is 5.68. The Bertz CT molecular complexity index is 640. The van der Waals surface area contributed by atoms with Crippen molar-refractivity contribution in [3.8, 4) is 0 Å². The summed E-state index contributed by atoms with van der Waals surface area (Å²) in [7, 11) is 0. The van der Waals surface area contributed by atoms with Gasteiger partial charge in [-0.3, -0.25) is 14.5 Å². The van der Waals surface area contributed by atoms with E-state index in [1.807, 2.05) is 4.90 Å². The summed E-state index contributed by atoms with van der Waals surface area (Å²) in [5.74, 6) is -0.741. The summed E-state index contributed by atoms with van der Waals surface area (Å²) in [6.45, 7) is 1.55. The van der Waals surface area contributed by atoms with Gasteiger partial charge in [0, 0.05) is 19.1 Å². The molecule has 2 amide bonds. The second-order valence-corrected chi connectivity index (χ2v) is 6.75. The second kappa shape index (κ2) is 7.93. The predicted octanol–water partition coefficient (Wildman–Crippen LogP) is 0.198. The number of halogens is 1. The number of nitrogens with one attached hydrogen (secondary N) is 2. The van der Waals surface area contributed by atoms with Gasteiger partial charge in [0.2, 0.25) is 11.8 Å². The average molecular weight is 349 g/mol. The largest absolute Gasteiger partial charge is 0.389 e. The van der Waals surface area contributed by atoms with Gasteiger partial charge in [0.1, 0.15) is 5.82 Å². The van der Waals surface area contributed by atoms with Crippen molar-refractivity contribution < 1.29 is 19.1 Å². The van der Waals surface area contributed by atoms with E-state index in [4.69, 9.17) is 0 Å². The number of nitrogens with zero attached hydrogens (tertiary/aromatic N) is 1. The van der Waals surface area contributed by atoms with E-state index in [2.05, 4.69) is 10.6 Å². The molecule has 136 valence electrons. The van der Waals surface area contributed by atoms with Crippen molar-refractivity contribution in [2.45, 2.75) is 43.9 Å². The maximum atomic E-state index is 13.7. The first-order valence-electron chi connectivity index (χ1n) is 8.76. The highest BCUT2D eigenvalue weighted by molar-refractivity contribution is 5.79. The van der Waals surface area contributed by atoms with Gasteiger partial charge in [-0.1, -0.05) is 18.2 Å². The van der Waals surface area contributed by atoms with Crippen LogP contribution in [0, 0.1) is 5.82 Å². The Labute approximate surface area is 146 Å². The smallest absolute Gasteiger partial charge is 0.234 e. The molecule has 1 heterocycles. The van der Waals surface area contributed by atoms with E-state index < -0.39 is 11.9 Å². The Kier molecular flexibility index (Phi) is 5.65. The van der Waals surface area contributed by atoms with Crippen LogP contribution in [0.4, 0.5) is 4.39 Å². The third-order valence-corrected chi connectivity index (χ3v) is 5.01. The summed E-state index contributed by atoms with van der Waals surface area (Å²) < 4.78 is 13.7. The Morgan fingerprint density at radius 1 is 1.36 bits per heavy atom. The van der Waals surface area contributed by atoms with Gasteiger partial charge in [0.25, 0.3) is 0 Å². The molecule has 1 aliphatic heterocycles. The molecular formula is C18H24FN3O3. The number of aliphatic hydroxyl groups is 1. The van der Waals surface area contributed by atoms with Crippen molar-refractivity contribution in [3.63, 3.8) is 0 Å². The minimum atomic E-state index is -0.732. The molecule has 1 aromatic carbocycles. The van der Waals surface area contributed by atoms with Crippen molar-refractivity contribution in [1.29, 1.82) is 0 Å². The SMILES string of the molecule is O=C1CN([C@@H]2CCC[C@@H](NC(=O)Cc3ccccc3F)[C@H]2O)CCN1. The van der Waals surface area contributed by atoms with Gasteiger partial charge in [-0.05, 0) is 30.9 Å². The molecule has 2 aliphatic rings. The minimum Gasteiger partial charge on any atom is -0.389 e. The molecule has 0 bridgehead atoms. The van der Waals surface area contributed by atoms with E-state index >= 15 is 0 Å². The molecule has 3 rings (SSSR count). The number of amides is 2. The molecule has 3 N–H and O–H groups in total. The number of rotatable bonds is 4. The van der Waals surface area contributed by atoms with Crippen LogP contribution >= 0.6 is 0 Å². The molecule has 0 aromatic heterocycles. The number of carbonyl (C=O) groups excluding carboxylic acids is 2. The molecule has 3 atom stereocenters.